The first-order valence-electron chi connectivity index (χ1n) is 9.76. The minimum atomic E-state index is -1.06. The predicted octanol–water partition coefficient (Wildman–Crippen LogP) is 5.82. The summed E-state index contributed by atoms with van der Waals surface area (Å²) in [5.74, 6) is -1.60. The zero-order valence-electron chi connectivity index (χ0n) is 16.1. The average Bonchev–Trinajstić information content (AvgIpc) is 2.58. The molecule has 0 fully saturated rings. The zero-order chi connectivity index (χ0) is 18.9. The molecule has 0 rings (SSSR count). The molecule has 0 radical (unpaired) electrons. The van der Waals surface area contributed by atoms with Crippen molar-refractivity contribution >= 4 is 11.9 Å². The van der Waals surface area contributed by atoms with E-state index in [9.17, 15) is 9.59 Å². The molecule has 0 amide bonds. The second-order valence-corrected chi connectivity index (χ2v) is 6.68. The maximum absolute atomic E-state index is 11.6. The third-order valence-corrected chi connectivity index (χ3v) is 4.22. The highest BCUT2D eigenvalue weighted by molar-refractivity contribution is 5.94. The molecule has 0 unspecified atom stereocenters. The lowest BCUT2D eigenvalue weighted by Crippen LogP contribution is -2.08. The number of unbranched alkanes of at least 4 members (excludes halogenated alkanes) is 11. The average molecular weight is 353 g/mol. The molecule has 4 nitrogen and oxygen atoms in total. The number of rotatable bonds is 16. The van der Waals surface area contributed by atoms with Gasteiger partial charge in [-0.2, -0.15) is 0 Å². The SMILES string of the molecule is C=C(C=C(C)C(=O)O)C(=O)OCCCCCCCCCCCCCC. The first kappa shape index (κ1) is 23.4. The van der Waals surface area contributed by atoms with Gasteiger partial charge in [-0.1, -0.05) is 84.1 Å². The molecule has 0 aromatic carbocycles. The van der Waals surface area contributed by atoms with Crippen LogP contribution in [0.2, 0.25) is 0 Å². The molecular formula is C21H36O4. The minimum absolute atomic E-state index is 0.0762. The minimum Gasteiger partial charge on any atom is -0.478 e. The van der Waals surface area contributed by atoms with Crippen LogP contribution in [0.4, 0.5) is 0 Å². The van der Waals surface area contributed by atoms with Crippen molar-refractivity contribution in [3.05, 3.63) is 23.8 Å². The zero-order valence-corrected chi connectivity index (χ0v) is 16.1. The third kappa shape index (κ3) is 14.5. The summed E-state index contributed by atoms with van der Waals surface area (Å²) in [6.45, 7) is 7.58. The number of carboxylic acid groups (broad SMARTS) is 1. The topological polar surface area (TPSA) is 63.6 Å². The molecule has 0 aliphatic heterocycles. The number of hydrogen-bond donors (Lipinski definition) is 1. The summed E-state index contributed by atoms with van der Waals surface area (Å²) in [7, 11) is 0. The van der Waals surface area contributed by atoms with Crippen molar-refractivity contribution in [2.75, 3.05) is 6.61 Å². The summed E-state index contributed by atoms with van der Waals surface area (Å²) in [6.07, 6.45) is 16.4. The molecule has 0 saturated heterocycles. The highest BCUT2D eigenvalue weighted by Crippen LogP contribution is 2.12. The quantitative estimate of drug-likeness (QED) is 0.165. The van der Waals surface area contributed by atoms with Gasteiger partial charge in [-0.15, -0.1) is 0 Å². The largest absolute Gasteiger partial charge is 0.478 e. The van der Waals surface area contributed by atoms with E-state index < -0.39 is 11.9 Å². The van der Waals surface area contributed by atoms with Gasteiger partial charge in [-0.25, -0.2) is 9.59 Å². The molecule has 0 aliphatic carbocycles. The summed E-state index contributed by atoms with van der Waals surface area (Å²) < 4.78 is 5.10. The van der Waals surface area contributed by atoms with Crippen molar-refractivity contribution in [1.29, 1.82) is 0 Å². The predicted molar refractivity (Wildman–Crippen MR) is 103 cm³/mol. The maximum atomic E-state index is 11.6. The molecule has 0 atom stereocenters. The number of ether oxygens (including phenoxy) is 1. The molecule has 1 N–H and O–H groups in total. The lowest BCUT2D eigenvalue weighted by Gasteiger charge is -2.05. The van der Waals surface area contributed by atoms with E-state index in [-0.39, 0.29) is 11.1 Å². The Bertz CT molecular complexity index is 424. The van der Waals surface area contributed by atoms with Gasteiger partial charge >= 0.3 is 11.9 Å². The lowest BCUT2D eigenvalue weighted by atomic mass is 10.1. The lowest BCUT2D eigenvalue weighted by molar-refractivity contribution is -0.138. The van der Waals surface area contributed by atoms with Crippen molar-refractivity contribution in [2.45, 2.75) is 90.9 Å². The van der Waals surface area contributed by atoms with E-state index >= 15 is 0 Å². The van der Waals surface area contributed by atoms with Gasteiger partial charge in [-0.3, -0.25) is 0 Å². The standard InChI is InChI=1S/C21H36O4/c1-4-5-6-7-8-9-10-11-12-13-14-15-16-25-21(24)19(3)17-18(2)20(22)23/h17H,3-16H2,1-2H3,(H,22,23). The summed E-state index contributed by atoms with van der Waals surface area (Å²) in [5, 5.41) is 8.75. The summed E-state index contributed by atoms with van der Waals surface area (Å²) in [6, 6.07) is 0. The fourth-order valence-electron chi connectivity index (χ4n) is 2.58. The number of carboxylic acids is 1. The van der Waals surface area contributed by atoms with Gasteiger partial charge < -0.3 is 9.84 Å². The van der Waals surface area contributed by atoms with Crippen LogP contribution in [0, 0.1) is 0 Å². The Morgan fingerprint density at radius 1 is 0.880 bits per heavy atom. The Hall–Kier alpha value is -1.58. The summed E-state index contributed by atoms with van der Waals surface area (Å²) >= 11 is 0. The van der Waals surface area contributed by atoms with E-state index in [2.05, 4.69) is 13.5 Å². The molecule has 4 heteroatoms. The Kier molecular flexibility index (Phi) is 14.9. The molecule has 25 heavy (non-hydrogen) atoms. The van der Waals surface area contributed by atoms with Gasteiger partial charge in [0.15, 0.2) is 0 Å². The van der Waals surface area contributed by atoms with Gasteiger partial charge in [0, 0.05) is 5.57 Å². The third-order valence-electron chi connectivity index (χ3n) is 4.22. The highest BCUT2D eigenvalue weighted by Gasteiger charge is 2.08. The van der Waals surface area contributed by atoms with E-state index in [0.29, 0.717) is 6.61 Å². The molecule has 0 bridgehead atoms. The Morgan fingerprint density at radius 3 is 1.76 bits per heavy atom. The van der Waals surface area contributed by atoms with E-state index in [1.165, 1.54) is 77.2 Å². The van der Waals surface area contributed by atoms with Crippen LogP contribution < -0.4 is 0 Å². The van der Waals surface area contributed by atoms with Crippen molar-refractivity contribution in [1.82, 2.24) is 0 Å². The monoisotopic (exact) mass is 352 g/mol. The molecular weight excluding hydrogens is 316 g/mol. The van der Waals surface area contributed by atoms with Crippen LogP contribution in [-0.2, 0) is 14.3 Å². The normalized spacial score (nSPS) is 11.4. The highest BCUT2D eigenvalue weighted by atomic mass is 16.5. The van der Waals surface area contributed by atoms with Crippen molar-refractivity contribution in [2.24, 2.45) is 0 Å². The fourth-order valence-corrected chi connectivity index (χ4v) is 2.58. The van der Waals surface area contributed by atoms with Gasteiger partial charge in [0.05, 0.1) is 12.2 Å². The molecule has 0 heterocycles. The molecule has 0 spiro atoms. The smallest absolute Gasteiger partial charge is 0.337 e. The van der Waals surface area contributed by atoms with Gasteiger partial charge in [0.25, 0.3) is 0 Å². The molecule has 0 aromatic heterocycles. The number of esters is 1. The van der Waals surface area contributed by atoms with E-state index in [0.717, 1.165) is 12.8 Å². The first-order valence-corrected chi connectivity index (χ1v) is 9.76. The second-order valence-electron chi connectivity index (χ2n) is 6.68. The van der Waals surface area contributed by atoms with Crippen LogP contribution in [-0.4, -0.2) is 23.7 Å². The molecule has 0 aliphatic rings. The van der Waals surface area contributed by atoms with Crippen LogP contribution >= 0.6 is 0 Å². The number of hydrogen-bond acceptors (Lipinski definition) is 3. The van der Waals surface area contributed by atoms with Gasteiger partial charge in [-0.05, 0) is 19.4 Å². The second kappa shape index (κ2) is 15.9. The van der Waals surface area contributed by atoms with Crippen LogP contribution in [0.3, 0.4) is 0 Å². The van der Waals surface area contributed by atoms with Crippen molar-refractivity contribution in [3.63, 3.8) is 0 Å². The number of carbonyl (C=O) groups is 2. The number of carbonyl (C=O) groups excluding carboxylic acids is 1. The van der Waals surface area contributed by atoms with Crippen molar-refractivity contribution < 1.29 is 19.4 Å². The summed E-state index contributed by atoms with van der Waals surface area (Å²) in [5.41, 5.74) is 0.158. The van der Waals surface area contributed by atoms with Crippen LogP contribution in [0.1, 0.15) is 90.9 Å². The van der Waals surface area contributed by atoms with E-state index in [1.807, 2.05) is 0 Å². The molecule has 144 valence electrons. The fraction of sp³-hybridized carbons (Fsp3) is 0.714. The van der Waals surface area contributed by atoms with E-state index in [4.69, 9.17) is 9.84 Å². The first-order chi connectivity index (χ1) is 12.0. The van der Waals surface area contributed by atoms with Crippen molar-refractivity contribution in [3.8, 4) is 0 Å². The van der Waals surface area contributed by atoms with Gasteiger partial charge in [0.2, 0.25) is 0 Å². The van der Waals surface area contributed by atoms with Crippen LogP contribution in [0.25, 0.3) is 0 Å². The summed E-state index contributed by atoms with van der Waals surface area (Å²) in [4.78, 5) is 22.3. The molecule has 0 saturated carbocycles. The number of aliphatic carboxylic acids is 1. The van der Waals surface area contributed by atoms with Crippen LogP contribution in [0.5, 0.6) is 0 Å². The Labute approximate surface area is 153 Å². The Morgan fingerprint density at radius 2 is 1.32 bits per heavy atom. The molecule has 0 aromatic rings. The maximum Gasteiger partial charge on any atom is 0.337 e. The van der Waals surface area contributed by atoms with Crippen LogP contribution in [0.15, 0.2) is 23.8 Å². The Balaban J connectivity index is 3.46. The van der Waals surface area contributed by atoms with Gasteiger partial charge in [0.1, 0.15) is 0 Å². The van der Waals surface area contributed by atoms with E-state index in [1.54, 1.807) is 0 Å².